The number of aliphatic hydroxyl groups excluding tert-OH is 1. The summed E-state index contributed by atoms with van der Waals surface area (Å²) in [5.41, 5.74) is 2.00. The topological polar surface area (TPSA) is 38.7 Å². The Balaban J connectivity index is 2.39. The molecule has 124 valence electrons. The third-order valence-corrected chi connectivity index (χ3v) is 3.00. The first-order valence-corrected chi connectivity index (χ1v) is 7.05. The fourth-order valence-corrected chi connectivity index (χ4v) is 2.05. The molecule has 0 heterocycles. The van der Waals surface area contributed by atoms with Gasteiger partial charge in [0.15, 0.2) is 11.5 Å². The predicted octanol–water partition coefficient (Wildman–Crippen LogP) is 4.53. The molecule has 2 rings (SSSR count). The van der Waals surface area contributed by atoms with Crippen LogP contribution >= 0.6 is 0 Å². The van der Waals surface area contributed by atoms with Gasteiger partial charge in [-0.1, -0.05) is 30.3 Å². The van der Waals surface area contributed by atoms with E-state index in [0.717, 1.165) is 5.56 Å². The lowest BCUT2D eigenvalue weighted by molar-refractivity contribution is -0.275. The van der Waals surface area contributed by atoms with Gasteiger partial charge in [-0.3, -0.25) is 0 Å². The van der Waals surface area contributed by atoms with Crippen molar-refractivity contribution in [2.24, 2.45) is 0 Å². The normalized spacial score (nSPS) is 11.6. The monoisotopic (exact) mass is 326 g/mol. The average Bonchev–Trinajstić information content (AvgIpc) is 2.47. The Morgan fingerprint density at radius 3 is 2.09 bits per heavy atom. The second-order valence-electron chi connectivity index (χ2n) is 5.23. The Kier molecular flexibility index (Phi) is 5.15. The summed E-state index contributed by atoms with van der Waals surface area (Å²) in [6.07, 6.45) is -5.07. The Labute approximate surface area is 132 Å². The van der Waals surface area contributed by atoms with Gasteiger partial charge in [-0.05, 0) is 42.7 Å². The van der Waals surface area contributed by atoms with E-state index in [2.05, 4.69) is 4.74 Å². The minimum Gasteiger partial charge on any atom is -0.487 e. The van der Waals surface area contributed by atoms with E-state index in [4.69, 9.17) is 9.84 Å². The second-order valence-corrected chi connectivity index (χ2v) is 5.23. The van der Waals surface area contributed by atoms with Crippen molar-refractivity contribution < 1.29 is 27.8 Å². The Bertz CT molecular complexity index is 649. The summed E-state index contributed by atoms with van der Waals surface area (Å²) >= 11 is 0. The van der Waals surface area contributed by atoms with Crippen LogP contribution in [0.1, 0.15) is 19.4 Å². The van der Waals surface area contributed by atoms with Crippen LogP contribution in [0.15, 0.2) is 42.5 Å². The maximum Gasteiger partial charge on any atom is 0.573 e. The van der Waals surface area contributed by atoms with E-state index in [9.17, 15) is 13.2 Å². The average molecular weight is 326 g/mol. The lowest BCUT2D eigenvalue weighted by atomic mass is 10.0. The number of hydrogen-bond donors (Lipinski definition) is 1. The van der Waals surface area contributed by atoms with Gasteiger partial charge in [-0.25, -0.2) is 0 Å². The van der Waals surface area contributed by atoms with E-state index in [0.29, 0.717) is 11.1 Å². The van der Waals surface area contributed by atoms with Crippen molar-refractivity contribution in [3.63, 3.8) is 0 Å². The number of alkyl halides is 3. The minimum atomic E-state index is -4.80. The van der Waals surface area contributed by atoms with Crippen molar-refractivity contribution in [3.8, 4) is 22.6 Å². The molecule has 0 amide bonds. The predicted molar refractivity (Wildman–Crippen MR) is 80.2 cm³/mol. The van der Waals surface area contributed by atoms with Gasteiger partial charge in [-0.2, -0.15) is 0 Å². The molecule has 1 N–H and O–H groups in total. The zero-order chi connectivity index (χ0) is 17.0. The molecule has 2 aromatic rings. The van der Waals surface area contributed by atoms with Crippen LogP contribution in [0.3, 0.4) is 0 Å². The summed E-state index contributed by atoms with van der Waals surface area (Å²) in [6, 6.07) is 11.3. The Hall–Kier alpha value is -2.21. The van der Waals surface area contributed by atoms with Crippen molar-refractivity contribution in [1.29, 1.82) is 0 Å². The van der Waals surface area contributed by atoms with Crippen LogP contribution in [0.25, 0.3) is 11.1 Å². The van der Waals surface area contributed by atoms with Crippen molar-refractivity contribution >= 4 is 0 Å². The zero-order valence-electron chi connectivity index (χ0n) is 12.7. The number of ether oxygens (including phenoxy) is 2. The Morgan fingerprint density at radius 2 is 1.57 bits per heavy atom. The molecular weight excluding hydrogens is 309 g/mol. The first-order valence-electron chi connectivity index (χ1n) is 7.05. The quantitative estimate of drug-likeness (QED) is 0.877. The lowest BCUT2D eigenvalue weighted by Gasteiger charge is -2.17. The molecule has 0 saturated carbocycles. The maximum atomic E-state index is 12.6. The third-order valence-electron chi connectivity index (χ3n) is 3.00. The fraction of sp³-hybridized carbons (Fsp3) is 0.294. The number of benzene rings is 2. The highest BCUT2D eigenvalue weighted by atomic mass is 19.4. The van der Waals surface area contributed by atoms with E-state index in [1.54, 1.807) is 44.2 Å². The van der Waals surface area contributed by atoms with Crippen molar-refractivity contribution in [3.05, 3.63) is 48.0 Å². The molecule has 0 spiro atoms. The highest BCUT2D eigenvalue weighted by Crippen LogP contribution is 2.36. The molecule has 3 nitrogen and oxygen atoms in total. The van der Waals surface area contributed by atoms with Crippen LogP contribution in [0.5, 0.6) is 11.5 Å². The molecule has 23 heavy (non-hydrogen) atoms. The molecule has 6 heteroatoms. The second kappa shape index (κ2) is 6.91. The summed E-state index contributed by atoms with van der Waals surface area (Å²) in [5, 5.41) is 9.03. The van der Waals surface area contributed by atoms with Crippen LogP contribution in [0, 0.1) is 0 Å². The first-order chi connectivity index (χ1) is 10.8. The summed E-state index contributed by atoms with van der Waals surface area (Å²) in [5.74, 6) is -0.344. The van der Waals surface area contributed by atoms with Crippen LogP contribution in [-0.4, -0.2) is 17.6 Å². The molecular formula is C17H17F3O3. The van der Waals surface area contributed by atoms with E-state index < -0.39 is 6.36 Å². The van der Waals surface area contributed by atoms with Crippen molar-refractivity contribution in [1.82, 2.24) is 0 Å². The van der Waals surface area contributed by atoms with E-state index >= 15 is 0 Å². The molecule has 0 fully saturated rings. The molecule has 0 aromatic heterocycles. The van der Waals surface area contributed by atoms with E-state index in [-0.39, 0.29) is 24.2 Å². The number of rotatable bonds is 5. The highest BCUT2D eigenvalue weighted by Gasteiger charge is 2.32. The SMILES string of the molecule is CC(C)Oc1ccc(-c2ccc(CO)cc2)cc1OC(F)(F)F. The molecule has 0 aliphatic carbocycles. The summed E-state index contributed by atoms with van der Waals surface area (Å²) in [6.45, 7) is 3.35. The van der Waals surface area contributed by atoms with Gasteiger partial charge in [0, 0.05) is 0 Å². The van der Waals surface area contributed by atoms with E-state index in [1.807, 2.05) is 0 Å². The van der Waals surface area contributed by atoms with Gasteiger partial charge in [-0.15, -0.1) is 13.2 Å². The Morgan fingerprint density at radius 1 is 0.957 bits per heavy atom. The molecule has 0 aliphatic rings. The maximum absolute atomic E-state index is 12.6. The van der Waals surface area contributed by atoms with E-state index in [1.165, 1.54) is 12.1 Å². The molecule has 0 saturated heterocycles. The minimum absolute atomic E-state index is 0.0352. The van der Waals surface area contributed by atoms with Crippen LogP contribution < -0.4 is 9.47 Å². The summed E-state index contributed by atoms with van der Waals surface area (Å²) < 4.78 is 47.2. The van der Waals surface area contributed by atoms with Crippen LogP contribution in [0.2, 0.25) is 0 Å². The highest BCUT2D eigenvalue weighted by molar-refractivity contribution is 5.67. The number of halogens is 3. The fourth-order valence-electron chi connectivity index (χ4n) is 2.05. The molecule has 0 atom stereocenters. The van der Waals surface area contributed by atoms with Gasteiger partial charge >= 0.3 is 6.36 Å². The van der Waals surface area contributed by atoms with Gasteiger partial charge in [0.25, 0.3) is 0 Å². The third kappa shape index (κ3) is 4.89. The number of aliphatic hydroxyl groups is 1. The van der Waals surface area contributed by atoms with Crippen molar-refractivity contribution in [2.75, 3.05) is 0 Å². The summed E-state index contributed by atoms with van der Waals surface area (Å²) in [7, 11) is 0. The van der Waals surface area contributed by atoms with Gasteiger partial charge in [0.1, 0.15) is 0 Å². The molecule has 0 radical (unpaired) electrons. The molecule has 0 unspecified atom stereocenters. The lowest BCUT2D eigenvalue weighted by Crippen LogP contribution is -2.18. The molecule has 0 bridgehead atoms. The zero-order valence-corrected chi connectivity index (χ0v) is 12.7. The van der Waals surface area contributed by atoms with Crippen molar-refractivity contribution in [2.45, 2.75) is 32.9 Å². The number of hydrogen-bond acceptors (Lipinski definition) is 3. The standard InChI is InChI=1S/C17H17F3O3/c1-11(2)22-15-8-7-14(9-16(15)23-17(18,19)20)13-5-3-12(10-21)4-6-13/h3-9,11,21H,10H2,1-2H3. The molecule has 0 aliphatic heterocycles. The molecule has 2 aromatic carbocycles. The first kappa shape index (κ1) is 17.1. The van der Waals surface area contributed by atoms with Gasteiger partial charge < -0.3 is 14.6 Å². The van der Waals surface area contributed by atoms with Crippen LogP contribution in [-0.2, 0) is 6.61 Å². The largest absolute Gasteiger partial charge is 0.573 e. The summed E-state index contributed by atoms with van der Waals surface area (Å²) in [4.78, 5) is 0. The smallest absolute Gasteiger partial charge is 0.487 e. The van der Waals surface area contributed by atoms with Gasteiger partial charge in [0.2, 0.25) is 0 Å². The van der Waals surface area contributed by atoms with Gasteiger partial charge in [0.05, 0.1) is 12.7 Å². The van der Waals surface area contributed by atoms with Crippen LogP contribution in [0.4, 0.5) is 13.2 Å².